The van der Waals surface area contributed by atoms with Gasteiger partial charge in [0.15, 0.2) is 0 Å². The first kappa shape index (κ1) is 37.3. The van der Waals surface area contributed by atoms with Gasteiger partial charge in [-0.15, -0.1) is 0 Å². The van der Waals surface area contributed by atoms with E-state index in [9.17, 15) is 0 Å². The topological polar surface area (TPSA) is 8.17 Å². The molecule has 0 aliphatic carbocycles. The van der Waals surface area contributed by atoms with Crippen molar-refractivity contribution >= 4 is 60.4 Å². The molecule has 2 heteroatoms. The Kier molecular flexibility index (Phi) is 9.20. The first-order chi connectivity index (χ1) is 31.8. The molecule has 0 aliphatic rings. The second-order valence-corrected chi connectivity index (χ2v) is 16.4. The van der Waals surface area contributed by atoms with Gasteiger partial charge in [-0.05, 0) is 121 Å². The van der Waals surface area contributed by atoms with E-state index in [2.05, 4.69) is 264 Å². The van der Waals surface area contributed by atoms with Crippen molar-refractivity contribution in [1.29, 1.82) is 0 Å². The van der Waals surface area contributed by atoms with Gasteiger partial charge in [-0.1, -0.05) is 194 Å². The Labute approximate surface area is 373 Å². The van der Waals surface area contributed by atoms with Crippen LogP contribution < -0.4 is 4.90 Å². The molecule has 0 N–H and O–H groups in total. The van der Waals surface area contributed by atoms with Crippen molar-refractivity contribution in [3.63, 3.8) is 0 Å². The minimum absolute atomic E-state index is 1.10. The molecule has 0 radical (unpaired) electrons. The van der Waals surface area contributed by atoms with Crippen molar-refractivity contribution in [1.82, 2.24) is 4.57 Å². The van der Waals surface area contributed by atoms with Crippen LogP contribution in [0.3, 0.4) is 0 Å². The number of hydrogen-bond acceptors (Lipinski definition) is 1. The van der Waals surface area contributed by atoms with Crippen LogP contribution >= 0.6 is 0 Å². The number of para-hydroxylation sites is 3. The highest BCUT2D eigenvalue weighted by atomic mass is 15.1. The summed E-state index contributed by atoms with van der Waals surface area (Å²) < 4.78 is 2.42. The summed E-state index contributed by atoms with van der Waals surface area (Å²) in [7, 11) is 0. The van der Waals surface area contributed by atoms with Crippen LogP contribution in [0, 0.1) is 0 Å². The lowest BCUT2D eigenvalue weighted by Gasteiger charge is -2.26. The summed E-state index contributed by atoms with van der Waals surface area (Å²) in [5.41, 5.74) is 16.6. The fourth-order valence-corrected chi connectivity index (χ4v) is 9.90. The quantitative estimate of drug-likeness (QED) is 0.139. The van der Waals surface area contributed by atoms with E-state index in [1.165, 1.54) is 93.5 Å². The summed E-state index contributed by atoms with van der Waals surface area (Å²) in [4.78, 5) is 2.35. The van der Waals surface area contributed by atoms with Crippen molar-refractivity contribution in [2.75, 3.05) is 4.90 Å². The lowest BCUT2D eigenvalue weighted by atomic mass is 9.86. The van der Waals surface area contributed by atoms with Crippen LogP contribution in [0.15, 0.2) is 255 Å². The fourth-order valence-electron chi connectivity index (χ4n) is 9.90. The predicted octanol–water partition coefficient (Wildman–Crippen LogP) is 17.2. The van der Waals surface area contributed by atoms with Gasteiger partial charge < -0.3 is 9.47 Å². The first-order valence-electron chi connectivity index (χ1n) is 22.0. The second-order valence-electron chi connectivity index (χ2n) is 16.4. The zero-order chi connectivity index (χ0) is 42.4. The van der Waals surface area contributed by atoms with Gasteiger partial charge in [0.2, 0.25) is 0 Å². The minimum Gasteiger partial charge on any atom is -0.311 e. The summed E-state index contributed by atoms with van der Waals surface area (Å²) in [6, 6.07) is 92.4. The Hall–Kier alpha value is -8.46. The molecule has 1 aromatic heterocycles. The highest BCUT2D eigenvalue weighted by Gasteiger charge is 2.19. The van der Waals surface area contributed by atoms with E-state index in [0.717, 1.165) is 17.1 Å². The van der Waals surface area contributed by atoms with Crippen molar-refractivity contribution < 1.29 is 0 Å². The number of rotatable bonds is 8. The normalized spacial score (nSPS) is 11.4. The summed E-state index contributed by atoms with van der Waals surface area (Å²) in [6.45, 7) is 0. The van der Waals surface area contributed by atoms with Crippen LogP contribution in [0.25, 0.3) is 93.5 Å². The molecule has 0 spiro atoms. The molecule has 2 nitrogen and oxygen atoms in total. The van der Waals surface area contributed by atoms with Crippen molar-refractivity contribution in [2.24, 2.45) is 0 Å². The lowest BCUT2D eigenvalue weighted by Crippen LogP contribution is -2.09. The largest absolute Gasteiger partial charge is 0.311 e. The molecule has 11 aromatic carbocycles. The van der Waals surface area contributed by atoms with Crippen LogP contribution in [0.2, 0.25) is 0 Å². The van der Waals surface area contributed by atoms with Gasteiger partial charge in [-0.3, -0.25) is 0 Å². The predicted molar refractivity (Wildman–Crippen MR) is 272 cm³/mol. The molecule has 64 heavy (non-hydrogen) atoms. The van der Waals surface area contributed by atoms with E-state index in [1.807, 2.05) is 0 Å². The second kappa shape index (κ2) is 15.8. The molecule has 0 saturated heterocycles. The minimum atomic E-state index is 1.10. The highest BCUT2D eigenvalue weighted by molar-refractivity contribution is 6.21. The van der Waals surface area contributed by atoms with Gasteiger partial charge in [0.05, 0.1) is 16.7 Å². The molecule has 0 amide bonds. The van der Waals surface area contributed by atoms with Crippen LogP contribution in [0.4, 0.5) is 17.1 Å². The molecule has 0 fully saturated rings. The van der Waals surface area contributed by atoms with Gasteiger partial charge in [0, 0.05) is 33.4 Å². The number of nitrogens with zero attached hydrogens (tertiary/aromatic N) is 2. The summed E-state index contributed by atoms with van der Waals surface area (Å²) in [5.74, 6) is 0. The molecule has 0 atom stereocenters. The van der Waals surface area contributed by atoms with E-state index in [1.54, 1.807) is 0 Å². The number of anilines is 3. The molecule has 300 valence electrons. The third kappa shape index (κ3) is 6.35. The Morgan fingerprint density at radius 3 is 1.25 bits per heavy atom. The maximum atomic E-state index is 2.42. The lowest BCUT2D eigenvalue weighted by molar-refractivity contribution is 1.18. The Bertz CT molecular complexity index is 3570. The van der Waals surface area contributed by atoms with E-state index in [0.29, 0.717) is 0 Å². The molecule has 1 heterocycles. The molecular formula is C62H42N2. The van der Waals surface area contributed by atoms with Crippen LogP contribution in [0.5, 0.6) is 0 Å². The molecule has 12 aromatic rings. The average Bonchev–Trinajstić information content (AvgIpc) is 3.70. The zero-order valence-electron chi connectivity index (χ0n) is 35.1. The standard InChI is InChI=1S/C62H42N2/c1-4-18-44(19-5-1)51-24-14-16-30-58(51)64-59-31-17-15-25-52(59)57-42-47(36-41-60(57)64)43-32-37-49(38-33-43)63(48-22-8-3-9-23-48)50-39-34-46(35-40-50)62-55-28-12-10-26-53(55)61(45-20-6-2-7-21-45)54-27-11-13-29-56(54)62/h1-42H. The highest BCUT2D eigenvalue weighted by Crippen LogP contribution is 2.45. The Morgan fingerprint density at radius 2 is 0.656 bits per heavy atom. The number of hydrogen-bond donors (Lipinski definition) is 0. The number of fused-ring (bicyclic) bond motifs is 5. The maximum absolute atomic E-state index is 2.42. The van der Waals surface area contributed by atoms with Gasteiger partial charge in [-0.25, -0.2) is 0 Å². The third-order valence-corrected chi connectivity index (χ3v) is 12.8. The van der Waals surface area contributed by atoms with E-state index in [4.69, 9.17) is 0 Å². The summed E-state index contributed by atoms with van der Waals surface area (Å²) in [6.07, 6.45) is 0. The van der Waals surface area contributed by atoms with E-state index < -0.39 is 0 Å². The third-order valence-electron chi connectivity index (χ3n) is 12.8. The molecule has 12 rings (SSSR count). The monoisotopic (exact) mass is 814 g/mol. The van der Waals surface area contributed by atoms with Crippen molar-refractivity contribution in [2.45, 2.75) is 0 Å². The van der Waals surface area contributed by atoms with E-state index in [-0.39, 0.29) is 0 Å². The van der Waals surface area contributed by atoms with Crippen LogP contribution in [-0.2, 0) is 0 Å². The molecule has 0 aliphatic heterocycles. The average molecular weight is 815 g/mol. The SMILES string of the molecule is c1ccc(-c2ccccc2-n2c3ccccc3c3cc(-c4ccc(N(c5ccccc5)c5ccc(-c6c7ccccc7c(-c7ccccc7)c7ccccc67)cc5)cc4)ccc32)cc1. The smallest absolute Gasteiger partial charge is 0.0541 e. The first-order valence-corrected chi connectivity index (χ1v) is 22.0. The fraction of sp³-hybridized carbons (Fsp3) is 0. The Morgan fingerprint density at radius 1 is 0.250 bits per heavy atom. The molecule has 0 saturated carbocycles. The maximum Gasteiger partial charge on any atom is 0.0541 e. The van der Waals surface area contributed by atoms with Crippen molar-refractivity contribution in [3.8, 4) is 50.2 Å². The van der Waals surface area contributed by atoms with Gasteiger partial charge in [-0.2, -0.15) is 0 Å². The number of aromatic nitrogens is 1. The van der Waals surface area contributed by atoms with Crippen LogP contribution in [0.1, 0.15) is 0 Å². The molecule has 0 bridgehead atoms. The van der Waals surface area contributed by atoms with Crippen LogP contribution in [-0.4, -0.2) is 4.57 Å². The van der Waals surface area contributed by atoms with Gasteiger partial charge in [0.25, 0.3) is 0 Å². The zero-order valence-corrected chi connectivity index (χ0v) is 35.1. The van der Waals surface area contributed by atoms with Gasteiger partial charge in [0.1, 0.15) is 0 Å². The Balaban J connectivity index is 0.928. The van der Waals surface area contributed by atoms with E-state index >= 15 is 0 Å². The molecule has 0 unspecified atom stereocenters. The number of benzene rings is 11. The molecular weight excluding hydrogens is 773 g/mol. The summed E-state index contributed by atoms with van der Waals surface area (Å²) >= 11 is 0. The van der Waals surface area contributed by atoms with Gasteiger partial charge >= 0.3 is 0 Å². The van der Waals surface area contributed by atoms with Crippen molar-refractivity contribution in [3.05, 3.63) is 255 Å². The summed E-state index contributed by atoms with van der Waals surface area (Å²) in [5, 5.41) is 7.50.